The summed E-state index contributed by atoms with van der Waals surface area (Å²) in [6.07, 6.45) is 2.21. The Kier molecular flexibility index (Phi) is 7.41. The number of para-hydroxylation sites is 1. The molecule has 0 bridgehead atoms. The van der Waals surface area contributed by atoms with Crippen LogP contribution in [-0.4, -0.2) is 52.0 Å². The normalized spacial score (nSPS) is 13.4. The smallest absolute Gasteiger partial charge is 0.257 e. The number of aromatic nitrogens is 4. The number of hydrogen-bond donors (Lipinski definition) is 2. The molecule has 5 rings (SSSR count). The van der Waals surface area contributed by atoms with Crippen molar-refractivity contribution in [1.82, 2.24) is 19.9 Å². The largest absolute Gasteiger partial charge is 0.368 e. The molecule has 1 fully saturated rings. The minimum atomic E-state index is -0.224. The van der Waals surface area contributed by atoms with Crippen molar-refractivity contribution < 1.29 is 4.79 Å². The summed E-state index contributed by atoms with van der Waals surface area (Å²) in [6, 6.07) is 20.7. The van der Waals surface area contributed by atoms with Gasteiger partial charge in [-0.25, -0.2) is 4.98 Å². The number of benzene rings is 2. The molecule has 0 aliphatic carbocycles. The Morgan fingerprint density at radius 1 is 0.919 bits per heavy atom. The van der Waals surface area contributed by atoms with Crippen molar-refractivity contribution in [2.24, 2.45) is 0 Å². The molecule has 10 heteroatoms. The van der Waals surface area contributed by atoms with Crippen molar-refractivity contribution >= 4 is 46.6 Å². The van der Waals surface area contributed by atoms with Gasteiger partial charge in [0.05, 0.1) is 5.56 Å². The summed E-state index contributed by atoms with van der Waals surface area (Å²) in [5.41, 5.74) is 2.30. The number of rotatable bonds is 7. The van der Waals surface area contributed by atoms with Crippen LogP contribution < -0.4 is 20.4 Å². The van der Waals surface area contributed by atoms with Gasteiger partial charge in [0.1, 0.15) is 11.6 Å². The van der Waals surface area contributed by atoms with Crippen molar-refractivity contribution in [3.8, 4) is 0 Å². The van der Waals surface area contributed by atoms with Gasteiger partial charge in [-0.1, -0.05) is 42.8 Å². The molecule has 9 nitrogen and oxygen atoms in total. The van der Waals surface area contributed by atoms with Gasteiger partial charge in [0.15, 0.2) is 0 Å². The monoisotopic (exact) mass is 514 g/mol. The van der Waals surface area contributed by atoms with Gasteiger partial charge in [0.25, 0.3) is 5.91 Å². The number of carbonyl (C=O) groups excluding carboxylic acids is 1. The van der Waals surface area contributed by atoms with E-state index in [0.717, 1.165) is 42.6 Å². The molecule has 0 spiro atoms. The standard InChI is InChI=1S/C27H27ClN8O/c1-2-23-31-26(32-24-12-11-19(18-29-24)25(37)30-21-8-4-3-5-9-21)34-27(33-23)36-15-13-35(14-16-36)22-10-6-7-20(28)17-22/h3-12,17-18H,2,13-16H2,1H3,(H,30,37)(H,29,31,32,33,34). The second-order valence-corrected chi connectivity index (χ2v) is 9.00. The highest BCUT2D eigenvalue weighted by molar-refractivity contribution is 6.30. The first-order valence-electron chi connectivity index (χ1n) is 12.2. The summed E-state index contributed by atoms with van der Waals surface area (Å²) in [5, 5.41) is 6.75. The molecule has 188 valence electrons. The molecule has 3 heterocycles. The number of piperazine rings is 1. The quantitative estimate of drug-likeness (QED) is 0.362. The Bertz CT molecular complexity index is 1360. The zero-order valence-electron chi connectivity index (χ0n) is 20.4. The van der Waals surface area contributed by atoms with Crippen molar-refractivity contribution in [1.29, 1.82) is 0 Å². The van der Waals surface area contributed by atoms with Gasteiger partial charge in [-0.15, -0.1) is 0 Å². The molecular formula is C27H27ClN8O. The first kappa shape index (κ1) is 24.5. The number of nitrogens with zero attached hydrogens (tertiary/aromatic N) is 6. The molecule has 0 radical (unpaired) electrons. The van der Waals surface area contributed by atoms with Crippen molar-refractivity contribution in [3.05, 3.63) is 89.3 Å². The lowest BCUT2D eigenvalue weighted by molar-refractivity contribution is 0.102. The Labute approximate surface area is 220 Å². The van der Waals surface area contributed by atoms with Gasteiger partial charge < -0.3 is 20.4 Å². The van der Waals surface area contributed by atoms with Gasteiger partial charge in [-0.2, -0.15) is 15.0 Å². The van der Waals surface area contributed by atoms with E-state index in [1.165, 1.54) is 6.20 Å². The molecule has 2 N–H and O–H groups in total. The van der Waals surface area contributed by atoms with Crippen LogP contribution in [-0.2, 0) is 6.42 Å². The Balaban J connectivity index is 1.25. The first-order valence-corrected chi connectivity index (χ1v) is 12.5. The number of aryl methyl sites for hydroxylation is 1. The number of halogens is 1. The van der Waals surface area contributed by atoms with E-state index in [0.29, 0.717) is 35.5 Å². The summed E-state index contributed by atoms with van der Waals surface area (Å²) in [6.45, 7) is 5.25. The number of amides is 1. The molecule has 4 aromatic rings. The summed E-state index contributed by atoms with van der Waals surface area (Å²) < 4.78 is 0. The number of hydrogen-bond acceptors (Lipinski definition) is 8. The zero-order chi connectivity index (χ0) is 25.6. The topological polar surface area (TPSA) is 99.2 Å². The van der Waals surface area contributed by atoms with Crippen LogP contribution in [0, 0.1) is 0 Å². The molecule has 1 aliphatic heterocycles. The SMILES string of the molecule is CCc1nc(Nc2ccc(C(=O)Nc3ccccc3)cn2)nc(N2CCN(c3cccc(Cl)c3)CC2)n1. The van der Waals surface area contributed by atoms with E-state index >= 15 is 0 Å². The van der Waals surface area contributed by atoms with Crippen molar-refractivity contribution in [2.75, 3.05) is 46.6 Å². The second kappa shape index (κ2) is 11.2. The second-order valence-electron chi connectivity index (χ2n) is 8.56. The van der Waals surface area contributed by atoms with Crippen LogP contribution in [0.2, 0.25) is 5.02 Å². The van der Waals surface area contributed by atoms with Gasteiger partial charge in [0.2, 0.25) is 11.9 Å². The van der Waals surface area contributed by atoms with Gasteiger partial charge in [0, 0.05) is 55.2 Å². The minimum absolute atomic E-state index is 0.224. The molecule has 0 unspecified atom stereocenters. The molecule has 2 aromatic carbocycles. The highest BCUT2D eigenvalue weighted by atomic mass is 35.5. The molecular weight excluding hydrogens is 488 g/mol. The highest BCUT2D eigenvalue weighted by Gasteiger charge is 2.21. The summed E-state index contributed by atoms with van der Waals surface area (Å²) in [7, 11) is 0. The van der Waals surface area contributed by atoms with Crippen LogP contribution in [0.25, 0.3) is 0 Å². The van der Waals surface area contributed by atoms with Crippen LogP contribution in [0.15, 0.2) is 72.9 Å². The number of pyridine rings is 1. The van der Waals surface area contributed by atoms with E-state index in [1.807, 2.05) is 55.5 Å². The van der Waals surface area contributed by atoms with Crippen LogP contribution >= 0.6 is 11.6 Å². The van der Waals surface area contributed by atoms with E-state index in [9.17, 15) is 4.79 Å². The lowest BCUT2D eigenvalue weighted by Gasteiger charge is -2.36. The third kappa shape index (κ3) is 6.13. The number of carbonyl (C=O) groups is 1. The van der Waals surface area contributed by atoms with E-state index in [4.69, 9.17) is 11.6 Å². The number of anilines is 5. The molecule has 1 saturated heterocycles. The Hall–Kier alpha value is -4.24. The third-order valence-corrected chi connectivity index (χ3v) is 6.25. The predicted octanol–water partition coefficient (Wildman–Crippen LogP) is 4.80. The van der Waals surface area contributed by atoms with E-state index in [2.05, 4.69) is 46.4 Å². The van der Waals surface area contributed by atoms with Gasteiger partial charge >= 0.3 is 0 Å². The van der Waals surface area contributed by atoms with E-state index < -0.39 is 0 Å². The van der Waals surface area contributed by atoms with Crippen LogP contribution in [0.1, 0.15) is 23.1 Å². The van der Waals surface area contributed by atoms with E-state index in [-0.39, 0.29) is 5.91 Å². The van der Waals surface area contributed by atoms with Gasteiger partial charge in [-0.05, 0) is 42.5 Å². The third-order valence-electron chi connectivity index (χ3n) is 6.02. The molecule has 0 saturated carbocycles. The zero-order valence-corrected chi connectivity index (χ0v) is 21.2. The van der Waals surface area contributed by atoms with Crippen molar-refractivity contribution in [3.63, 3.8) is 0 Å². The molecule has 2 aromatic heterocycles. The van der Waals surface area contributed by atoms with E-state index in [1.54, 1.807) is 12.1 Å². The summed E-state index contributed by atoms with van der Waals surface area (Å²) in [5.74, 6) is 2.08. The van der Waals surface area contributed by atoms with Crippen LogP contribution in [0.4, 0.5) is 29.1 Å². The summed E-state index contributed by atoms with van der Waals surface area (Å²) in [4.78, 5) is 35.2. The maximum atomic E-state index is 12.5. The lowest BCUT2D eigenvalue weighted by Crippen LogP contribution is -2.47. The fraction of sp³-hybridized carbons (Fsp3) is 0.222. The molecule has 37 heavy (non-hydrogen) atoms. The molecule has 1 aliphatic rings. The minimum Gasteiger partial charge on any atom is -0.368 e. The van der Waals surface area contributed by atoms with Gasteiger partial charge in [-0.3, -0.25) is 4.79 Å². The predicted molar refractivity (Wildman–Crippen MR) is 147 cm³/mol. The fourth-order valence-corrected chi connectivity index (χ4v) is 4.23. The highest BCUT2D eigenvalue weighted by Crippen LogP contribution is 2.23. The lowest BCUT2D eigenvalue weighted by atomic mass is 10.2. The average Bonchev–Trinajstić information content (AvgIpc) is 2.94. The van der Waals surface area contributed by atoms with Crippen LogP contribution in [0.3, 0.4) is 0 Å². The average molecular weight is 515 g/mol. The fourth-order valence-electron chi connectivity index (χ4n) is 4.04. The molecule has 0 atom stereocenters. The first-order chi connectivity index (χ1) is 18.1. The molecule has 1 amide bonds. The maximum absolute atomic E-state index is 12.5. The number of nitrogens with one attached hydrogen (secondary N) is 2. The Morgan fingerprint density at radius 2 is 1.70 bits per heavy atom. The maximum Gasteiger partial charge on any atom is 0.257 e. The van der Waals surface area contributed by atoms with Crippen LogP contribution in [0.5, 0.6) is 0 Å². The van der Waals surface area contributed by atoms with Crippen molar-refractivity contribution in [2.45, 2.75) is 13.3 Å². The Morgan fingerprint density at radius 3 is 2.41 bits per heavy atom. The summed E-state index contributed by atoms with van der Waals surface area (Å²) >= 11 is 6.17.